The molecule has 76 valence electrons. The fourth-order valence-corrected chi connectivity index (χ4v) is 1.48. The molecule has 0 spiro atoms. The third-order valence-corrected chi connectivity index (χ3v) is 2.15. The number of anilines is 1. The van der Waals surface area contributed by atoms with Crippen molar-refractivity contribution in [1.82, 2.24) is 10.2 Å². The molecule has 0 atom stereocenters. The molecule has 0 fully saturated rings. The Morgan fingerprint density at radius 2 is 2.21 bits per heavy atom. The number of allylic oxidation sites excluding steroid dienone is 4. The van der Waals surface area contributed by atoms with Crippen molar-refractivity contribution in [3.63, 3.8) is 0 Å². The minimum absolute atomic E-state index is 0.646. The van der Waals surface area contributed by atoms with Crippen LogP contribution < -0.4 is 5.73 Å². The van der Waals surface area contributed by atoms with E-state index in [9.17, 15) is 0 Å². The standard InChI is InChI=1S/C11H17N3/c1-4-7-8(5-2)10-9(6-3)13-14-11(10)12/h4-5,7H,6H2,1-3H3,(H3,12,13,14)/b7-4+,8-5+. The van der Waals surface area contributed by atoms with Gasteiger partial charge in [-0.1, -0.05) is 25.2 Å². The zero-order valence-corrected chi connectivity index (χ0v) is 8.96. The molecule has 0 bridgehead atoms. The average Bonchev–Trinajstić information content (AvgIpc) is 2.56. The molecule has 1 heterocycles. The maximum Gasteiger partial charge on any atom is 0.127 e. The Labute approximate surface area is 84.7 Å². The van der Waals surface area contributed by atoms with Crippen molar-refractivity contribution in [2.24, 2.45) is 0 Å². The molecule has 0 saturated carbocycles. The van der Waals surface area contributed by atoms with Gasteiger partial charge in [0.05, 0.1) is 5.69 Å². The van der Waals surface area contributed by atoms with Crippen LogP contribution in [0, 0.1) is 0 Å². The second-order valence-corrected chi connectivity index (χ2v) is 3.06. The summed E-state index contributed by atoms with van der Waals surface area (Å²) in [6.07, 6.45) is 6.97. The number of hydrogen-bond acceptors (Lipinski definition) is 2. The van der Waals surface area contributed by atoms with Crippen LogP contribution in [0.2, 0.25) is 0 Å². The van der Waals surface area contributed by atoms with Crippen LogP contribution in [0.25, 0.3) is 5.57 Å². The Bertz CT molecular complexity index is 359. The quantitative estimate of drug-likeness (QED) is 0.721. The van der Waals surface area contributed by atoms with Crippen LogP contribution in [0.4, 0.5) is 5.82 Å². The zero-order valence-electron chi connectivity index (χ0n) is 8.96. The topological polar surface area (TPSA) is 54.7 Å². The summed E-state index contributed by atoms with van der Waals surface area (Å²) in [7, 11) is 0. The number of nitrogen functional groups attached to an aromatic ring is 1. The first-order valence-corrected chi connectivity index (χ1v) is 4.86. The molecule has 0 saturated heterocycles. The molecule has 14 heavy (non-hydrogen) atoms. The fraction of sp³-hybridized carbons (Fsp3) is 0.364. The molecule has 1 aromatic rings. The van der Waals surface area contributed by atoms with Gasteiger partial charge in [-0.05, 0) is 25.8 Å². The van der Waals surface area contributed by atoms with Gasteiger partial charge < -0.3 is 5.73 Å². The second kappa shape index (κ2) is 4.65. The van der Waals surface area contributed by atoms with Gasteiger partial charge in [0.25, 0.3) is 0 Å². The molecule has 0 radical (unpaired) electrons. The van der Waals surface area contributed by atoms with E-state index in [2.05, 4.69) is 17.1 Å². The van der Waals surface area contributed by atoms with Crippen molar-refractivity contribution in [2.45, 2.75) is 27.2 Å². The first-order chi connectivity index (χ1) is 6.74. The highest BCUT2D eigenvalue weighted by molar-refractivity contribution is 5.81. The second-order valence-electron chi connectivity index (χ2n) is 3.06. The summed E-state index contributed by atoms with van der Waals surface area (Å²) in [5.74, 6) is 0.646. The van der Waals surface area contributed by atoms with Crippen LogP contribution >= 0.6 is 0 Å². The van der Waals surface area contributed by atoms with E-state index >= 15 is 0 Å². The van der Waals surface area contributed by atoms with Gasteiger partial charge in [0, 0.05) is 5.56 Å². The van der Waals surface area contributed by atoms with Gasteiger partial charge >= 0.3 is 0 Å². The van der Waals surface area contributed by atoms with E-state index in [-0.39, 0.29) is 0 Å². The number of rotatable bonds is 3. The Balaban J connectivity index is 3.21. The Morgan fingerprint density at radius 1 is 1.50 bits per heavy atom. The predicted molar refractivity (Wildman–Crippen MR) is 60.8 cm³/mol. The third-order valence-electron chi connectivity index (χ3n) is 2.15. The molecule has 0 aliphatic carbocycles. The van der Waals surface area contributed by atoms with Crippen LogP contribution in [0.15, 0.2) is 18.2 Å². The van der Waals surface area contributed by atoms with Crippen molar-refractivity contribution in [1.29, 1.82) is 0 Å². The smallest absolute Gasteiger partial charge is 0.127 e. The van der Waals surface area contributed by atoms with Crippen LogP contribution in [-0.2, 0) is 6.42 Å². The molecule has 0 aliphatic rings. The number of nitrogens with two attached hydrogens (primary N) is 1. The maximum absolute atomic E-state index is 5.83. The van der Waals surface area contributed by atoms with Gasteiger partial charge in [-0.3, -0.25) is 5.10 Å². The van der Waals surface area contributed by atoms with Crippen LogP contribution in [-0.4, -0.2) is 10.2 Å². The minimum atomic E-state index is 0.646. The Kier molecular flexibility index (Phi) is 3.51. The lowest BCUT2D eigenvalue weighted by atomic mass is 10.0. The maximum atomic E-state index is 5.83. The number of nitrogens with zero attached hydrogens (tertiary/aromatic N) is 1. The highest BCUT2D eigenvalue weighted by Gasteiger charge is 2.11. The van der Waals surface area contributed by atoms with Gasteiger partial charge in [0.2, 0.25) is 0 Å². The number of H-pyrrole nitrogens is 1. The molecule has 0 aliphatic heterocycles. The molecular weight excluding hydrogens is 174 g/mol. The van der Waals surface area contributed by atoms with Gasteiger partial charge in [0.1, 0.15) is 5.82 Å². The number of aryl methyl sites for hydroxylation is 1. The summed E-state index contributed by atoms with van der Waals surface area (Å²) in [4.78, 5) is 0. The summed E-state index contributed by atoms with van der Waals surface area (Å²) in [5, 5.41) is 6.98. The molecule has 0 aromatic carbocycles. The van der Waals surface area contributed by atoms with Gasteiger partial charge in [-0.2, -0.15) is 5.10 Å². The van der Waals surface area contributed by atoms with Crippen molar-refractivity contribution in [3.05, 3.63) is 29.5 Å². The van der Waals surface area contributed by atoms with Crippen molar-refractivity contribution in [3.8, 4) is 0 Å². The molecule has 0 amide bonds. The van der Waals surface area contributed by atoms with Crippen molar-refractivity contribution < 1.29 is 0 Å². The molecule has 3 heteroatoms. The molecule has 1 aromatic heterocycles. The summed E-state index contributed by atoms with van der Waals surface area (Å²) in [5.41, 5.74) is 9.01. The first-order valence-electron chi connectivity index (χ1n) is 4.86. The highest BCUT2D eigenvalue weighted by Crippen LogP contribution is 2.24. The lowest BCUT2D eigenvalue weighted by molar-refractivity contribution is 0.975. The molecule has 1 rings (SSSR count). The summed E-state index contributed by atoms with van der Waals surface area (Å²) < 4.78 is 0. The van der Waals surface area contributed by atoms with E-state index in [0.717, 1.165) is 23.3 Å². The average molecular weight is 191 g/mol. The number of aromatic amines is 1. The number of nitrogens with one attached hydrogen (secondary N) is 1. The summed E-state index contributed by atoms with van der Waals surface area (Å²) in [6.45, 7) is 6.06. The monoisotopic (exact) mass is 191 g/mol. The predicted octanol–water partition coefficient (Wildman–Crippen LogP) is 2.53. The number of aromatic nitrogens is 2. The van der Waals surface area contributed by atoms with Gasteiger partial charge in [0.15, 0.2) is 0 Å². The van der Waals surface area contributed by atoms with E-state index < -0.39 is 0 Å². The summed E-state index contributed by atoms with van der Waals surface area (Å²) in [6, 6.07) is 0. The first kappa shape index (κ1) is 10.6. The Hall–Kier alpha value is -1.51. The lowest BCUT2D eigenvalue weighted by Crippen LogP contribution is -1.92. The van der Waals surface area contributed by atoms with E-state index in [1.807, 2.05) is 32.1 Å². The number of hydrogen-bond donors (Lipinski definition) is 2. The van der Waals surface area contributed by atoms with Gasteiger partial charge in [-0.15, -0.1) is 0 Å². The van der Waals surface area contributed by atoms with E-state index in [0.29, 0.717) is 5.82 Å². The van der Waals surface area contributed by atoms with E-state index in [1.54, 1.807) is 0 Å². The third kappa shape index (κ3) is 1.87. The van der Waals surface area contributed by atoms with Gasteiger partial charge in [-0.25, -0.2) is 0 Å². The zero-order chi connectivity index (χ0) is 10.6. The Morgan fingerprint density at radius 3 is 2.71 bits per heavy atom. The molecule has 0 unspecified atom stereocenters. The normalized spacial score (nSPS) is 12.6. The molecular formula is C11H17N3. The molecule has 3 N–H and O–H groups in total. The SMILES string of the molecule is C/C=C/C(=C\C)c1c(CC)n[nH]c1N. The van der Waals surface area contributed by atoms with Crippen LogP contribution in [0.1, 0.15) is 32.0 Å². The van der Waals surface area contributed by atoms with Crippen LogP contribution in [0.3, 0.4) is 0 Å². The van der Waals surface area contributed by atoms with Crippen LogP contribution in [0.5, 0.6) is 0 Å². The van der Waals surface area contributed by atoms with Crippen molar-refractivity contribution >= 4 is 11.4 Å². The lowest BCUT2D eigenvalue weighted by Gasteiger charge is -2.02. The van der Waals surface area contributed by atoms with E-state index in [1.165, 1.54) is 0 Å². The summed E-state index contributed by atoms with van der Waals surface area (Å²) >= 11 is 0. The molecule has 3 nitrogen and oxygen atoms in total. The van der Waals surface area contributed by atoms with E-state index in [4.69, 9.17) is 5.73 Å². The fourth-order valence-electron chi connectivity index (χ4n) is 1.48. The minimum Gasteiger partial charge on any atom is -0.384 e. The van der Waals surface area contributed by atoms with Crippen molar-refractivity contribution in [2.75, 3.05) is 5.73 Å². The largest absolute Gasteiger partial charge is 0.384 e. The highest BCUT2D eigenvalue weighted by atomic mass is 15.2.